The number of ether oxygens (including phenoxy) is 3. The molecule has 0 atom stereocenters. The molecule has 0 spiro atoms. The smallest absolute Gasteiger partial charge is 0.332 e. The van der Waals surface area contributed by atoms with Gasteiger partial charge < -0.3 is 19.1 Å². The van der Waals surface area contributed by atoms with Gasteiger partial charge in [0.2, 0.25) is 6.41 Å². The van der Waals surface area contributed by atoms with Crippen molar-refractivity contribution in [2.24, 2.45) is 0 Å². The highest BCUT2D eigenvalue weighted by Crippen LogP contribution is 2.32. The Labute approximate surface area is 278 Å². The van der Waals surface area contributed by atoms with Gasteiger partial charge in [-0.2, -0.15) is 0 Å². The van der Waals surface area contributed by atoms with Gasteiger partial charge in [-0.3, -0.25) is 18.7 Å². The van der Waals surface area contributed by atoms with Crippen molar-refractivity contribution in [2.75, 3.05) is 33.0 Å². The molecular weight excluding hydrogens is 662 g/mol. The zero-order chi connectivity index (χ0) is 33.7. The van der Waals surface area contributed by atoms with Crippen LogP contribution in [0.1, 0.15) is 36.9 Å². The molecule has 0 N–H and O–H groups in total. The largest absolute Gasteiger partial charge is 0.493 e. The number of aromatic nitrogens is 2. The summed E-state index contributed by atoms with van der Waals surface area (Å²) in [5.74, 6) is -0.553. The van der Waals surface area contributed by atoms with Crippen LogP contribution in [-0.4, -0.2) is 59.6 Å². The van der Waals surface area contributed by atoms with Crippen LogP contribution in [-0.2, 0) is 17.9 Å². The van der Waals surface area contributed by atoms with Crippen molar-refractivity contribution in [3.8, 4) is 17.2 Å². The first-order valence-corrected chi connectivity index (χ1v) is 15.7. The van der Waals surface area contributed by atoms with Crippen LogP contribution in [0.4, 0.5) is 13.2 Å². The van der Waals surface area contributed by atoms with E-state index in [9.17, 15) is 23.2 Å². The summed E-state index contributed by atoms with van der Waals surface area (Å²) >= 11 is 12.7. The predicted molar refractivity (Wildman–Crippen MR) is 172 cm³/mol. The highest BCUT2D eigenvalue weighted by molar-refractivity contribution is 6.31. The molecule has 0 radical (unpaired) electrons. The number of carbonyl (C=O) groups excluding carboxylic acids is 1. The Morgan fingerprint density at radius 1 is 0.979 bits per heavy atom. The Bertz CT molecular complexity index is 1860. The van der Waals surface area contributed by atoms with Gasteiger partial charge in [-0.1, -0.05) is 23.2 Å². The number of nitrogens with zero attached hydrogens (tertiary/aromatic N) is 3. The predicted octanol–water partition coefficient (Wildman–Crippen LogP) is 6.11. The molecule has 9 nitrogen and oxygen atoms in total. The minimum atomic E-state index is -1.57. The van der Waals surface area contributed by atoms with Gasteiger partial charge in [-0.15, -0.1) is 0 Å². The van der Waals surface area contributed by atoms with Crippen molar-refractivity contribution in [2.45, 2.75) is 45.1 Å². The summed E-state index contributed by atoms with van der Waals surface area (Å²) in [7, 11) is 0. The third-order valence-electron chi connectivity index (χ3n) is 7.93. The van der Waals surface area contributed by atoms with Gasteiger partial charge >= 0.3 is 5.69 Å². The van der Waals surface area contributed by atoms with Crippen LogP contribution in [0.2, 0.25) is 10.0 Å². The number of halogens is 5. The van der Waals surface area contributed by atoms with Crippen molar-refractivity contribution in [1.82, 2.24) is 14.0 Å². The summed E-state index contributed by atoms with van der Waals surface area (Å²) in [6, 6.07) is 11.6. The van der Waals surface area contributed by atoms with E-state index in [0.717, 1.165) is 23.1 Å². The molecule has 1 fully saturated rings. The van der Waals surface area contributed by atoms with Gasteiger partial charge in [0.1, 0.15) is 31.5 Å². The highest BCUT2D eigenvalue weighted by Gasteiger charge is 2.26. The second-order valence-electron chi connectivity index (χ2n) is 11.0. The van der Waals surface area contributed by atoms with Gasteiger partial charge in [0.15, 0.2) is 17.7 Å². The fourth-order valence-electron chi connectivity index (χ4n) is 5.54. The summed E-state index contributed by atoms with van der Waals surface area (Å²) < 4.78 is 60.9. The molecule has 1 aromatic heterocycles. The first kappa shape index (κ1) is 34.2. The lowest BCUT2D eigenvalue weighted by Crippen LogP contribution is -2.44. The molecule has 1 amide bonds. The average molecular weight is 695 g/mol. The maximum Gasteiger partial charge on any atom is 0.332 e. The van der Waals surface area contributed by atoms with Crippen LogP contribution in [0.15, 0.2) is 58.1 Å². The fraction of sp³-hybridized carbons (Fsp3) is 0.364. The molecular formula is C33H32Cl2F3N3O6. The van der Waals surface area contributed by atoms with Crippen molar-refractivity contribution >= 4 is 40.5 Å². The first-order chi connectivity index (χ1) is 22.7. The molecule has 47 heavy (non-hydrogen) atoms. The molecule has 5 rings (SSSR count). The standard InChI is InChI=1S/C33H32Cl2F3N3O6/c1-2-45-30-12-20(11-27(35)26(30)18-46-23-5-3-21(34)4-6-23)17-40-32(43)25-13-31(47-24(15-36)16-37)28(38)14-29(25)41(33(40)44)22-7-9-39(19-42)10-8-22/h3-6,11-14,19,22,24H,2,7-10,15-18H2,1H3. The van der Waals surface area contributed by atoms with Gasteiger partial charge in [0.25, 0.3) is 5.56 Å². The Hall–Kier alpha value is -4.16. The van der Waals surface area contributed by atoms with Crippen LogP contribution in [0.3, 0.4) is 0 Å². The van der Waals surface area contributed by atoms with E-state index in [1.165, 1.54) is 4.57 Å². The van der Waals surface area contributed by atoms with Crippen molar-refractivity contribution in [3.63, 3.8) is 0 Å². The van der Waals surface area contributed by atoms with Gasteiger partial charge in [-0.25, -0.2) is 18.0 Å². The van der Waals surface area contributed by atoms with E-state index in [1.54, 1.807) is 48.2 Å². The van der Waals surface area contributed by atoms with Crippen LogP contribution in [0.5, 0.6) is 17.2 Å². The number of fused-ring (bicyclic) bond motifs is 1. The molecule has 2 heterocycles. The lowest BCUT2D eigenvalue weighted by molar-refractivity contribution is -0.119. The molecule has 0 unspecified atom stereocenters. The number of likely N-dealkylation sites (tertiary alicyclic amines) is 1. The third-order valence-corrected chi connectivity index (χ3v) is 8.51. The SMILES string of the molecule is CCOc1cc(Cn2c(=O)c3cc(OC(CF)CF)c(F)cc3n(C3CCN(C=O)CC3)c2=O)cc(Cl)c1COc1ccc(Cl)cc1. The number of piperidine rings is 1. The van der Waals surface area contributed by atoms with E-state index in [0.29, 0.717) is 60.2 Å². The van der Waals surface area contributed by atoms with E-state index >= 15 is 4.39 Å². The maximum atomic E-state index is 15.2. The third kappa shape index (κ3) is 7.54. The quantitative estimate of drug-likeness (QED) is 0.157. The molecule has 14 heteroatoms. The van der Waals surface area contributed by atoms with Gasteiger partial charge in [0, 0.05) is 35.8 Å². The Morgan fingerprint density at radius 2 is 1.68 bits per heavy atom. The zero-order valence-corrected chi connectivity index (χ0v) is 26.9. The minimum Gasteiger partial charge on any atom is -0.493 e. The van der Waals surface area contributed by atoms with Crippen molar-refractivity contribution in [3.05, 3.63) is 96.4 Å². The molecule has 0 aliphatic carbocycles. The van der Waals surface area contributed by atoms with E-state index in [-0.39, 0.29) is 29.1 Å². The lowest BCUT2D eigenvalue weighted by Gasteiger charge is -2.31. The van der Waals surface area contributed by atoms with Gasteiger partial charge in [0.05, 0.1) is 29.1 Å². The number of rotatable bonds is 13. The fourth-order valence-corrected chi connectivity index (χ4v) is 5.96. The van der Waals surface area contributed by atoms with E-state index in [1.807, 2.05) is 0 Å². The van der Waals surface area contributed by atoms with E-state index in [2.05, 4.69) is 0 Å². The van der Waals surface area contributed by atoms with Crippen molar-refractivity contribution in [1.29, 1.82) is 0 Å². The minimum absolute atomic E-state index is 0.00503. The second kappa shape index (κ2) is 15.2. The molecule has 1 aliphatic heterocycles. The molecule has 3 aromatic carbocycles. The molecule has 1 saturated heterocycles. The number of benzene rings is 3. The summed E-state index contributed by atoms with van der Waals surface area (Å²) in [6.45, 7) is 0.201. The lowest BCUT2D eigenvalue weighted by atomic mass is 10.0. The van der Waals surface area contributed by atoms with Crippen LogP contribution >= 0.6 is 23.2 Å². The first-order valence-electron chi connectivity index (χ1n) is 15.0. The monoisotopic (exact) mass is 693 g/mol. The van der Waals surface area contributed by atoms with Crippen LogP contribution < -0.4 is 25.5 Å². The number of hydrogen-bond acceptors (Lipinski definition) is 6. The Morgan fingerprint density at radius 3 is 2.32 bits per heavy atom. The number of carbonyl (C=O) groups is 1. The number of alkyl halides is 2. The molecule has 0 bridgehead atoms. The molecule has 0 saturated carbocycles. The van der Waals surface area contributed by atoms with Gasteiger partial charge in [-0.05, 0) is 67.8 Å². The van der Waals surface area contributed by atoms with E-state index in [4.69, 9.17) is 37.4 Å². The Balaban J connectivity index is 1.58. The summed E-state index contributed by atoms with van der Waals surface area (Å²) in [5, 5.41) is 0.748. The van der Waals surface area contributed by atoms with Crippen LogP contribution in [0, 0.1) is 5.82 Å². The zero-order valence-electron chi connectivity index (χ0n) is 25.4. The normalized spacial score (nSPS) is 13.7. The average Bonchev–Trinajstić information content (AvgIpc) is 3.07. The molecule has 1 aliphatic rings. The van der Waals surface area contributed by atoms with E-state index < -0.39 is 48.3 Å². The number of hydrogen-bond donors (Lipinski definition) is 0. The molecule has 4 aromatic rings. The summed E-state index contributed by atoms with van der Waals surface area (Å²) in [4.78, 5) is 40.8. The maximum absolute atomic E-state index is 15.2. The highest BCUT2D eigenvalue weighted by atomic mass is 35.5. The summed E-state index contributed by atoms with van der Waals surface area (Å²) in [5.41, 5.74) is -0.453. The molecule has 250 valence electrons. The van der Waals surface area contributed by atoms with Crippen molar-refractivity contribution < 1.29 is 32.2 Å². The van der Waals surface area contributed by atoms with Crippen LogP contribution in [0.25, 0.3) is 10.9 Å². The topological polar surface area (TPSA) is 92.0 Å². The number of amides is 1. The Kier molecular flexibility index (Phi) is 11.0. The second-order valence-corrected chi connectivity index (χ2v) is 11.8. The summed E-state index contributed by atoms with van der Waals surface area (Å²) in [6.07, 6.45) is -0.0956.